The standard InChI is InChI=1S/C26H27ClN2O/c1-17-7-10-21(11-8-17)29-24-14-20-9-12-22(26(20,2)15-19(24)16-28-29)25(30)13-18-5-3-4-6-23(18)27/h3-8,10-11,14,16,22,25,30H,9,12-13,15H2,1-2H3/t22-,25+,26+/m1/s1. The average Bonchev–Trinajstić information content (AvgIpc) is 3.28. The van der Waals surface area contributed by atoms with E-state index in [4.69, 9.17) is 16.7 Å². The summed E-state index contributed by atoms with van der Waals surface area (Å²) in [7, 11) is 0. The SMILES string of the molecule is Cc1ccc(-n2ncc3c2C=C2CC[C@H]([C@@H](O)Cc4ccccc4Cl)[C@@]2(C)C3)cc1. The number of aromatic nitrogens is 2. The monoisotopic (exact) mass is 418 g/mol. The van der Waals surface area contributed by atoms with Crippen LogP contribution in [0.5, 0.6) is 0 Å². The second-order valence-electron chi connectivity index (χ2n) is 9.07. The Hall–Kier alpha value is -2.36. The van der Waals surface area contributed by atoms with Crippen LogP contribution in [0.1, 0.15) is 42.1 Å². The van der Waals surface area contributed by atoms with Crippen LogP contribution in [0.25, 0.3) is 11.8 Å². The van der Waals surface area contributed by atoms with Crippen molar-refractivity contribution >= 4 is 17.7 Å². The minimum absolute atomic E-state index is 0.0329. The van der Waals surface area contributed by atoms with Crippen LogP contribution in [0.4, 0.5) is 0 Å². The van der Waals surface area contributed by atoms with Gasteiger partial charge in [-0.25, -0.2) is 4.68 Å². The first kappa shape index (κ1) is 19.6. The zero-order valence-electron chi connectivity index (χ0n) is 17.5. The summed E-state index contributed by atoms with van der Waals surface area (Å²) in [5.74, 6) is 0.218. The Kier molecular flexibility index (Phi) is 4.83. The minimum atomic E-state index is -0.408. The Morgan fingerprint density at radius 1 is 1.20 bits per heavy atom. The van der Waals surface area contributed by atoms with E-state index in [1.807, 2.05) is 30.5 Å². The molecule has 1 heterocycles. The van der Waals surface area contributed by atoms with Gasteiger partial charge in [0, 0.05) is 11.4 Å². The summed E-state index contributed by atoms with van der Waals surface area (Å²) >= 11 is 6.35. The smallest absolute Gasteiger partial charge is 0.0700 e. The molecule has 3 nitrogen and oxygen atoms in total. The van der Waals surface area contributed by atoms with Gasteiger partial charge in [-0.05, 0) is 72.9 Å². The number of aliphatic hydroxyl groups excluding tert-OH is 1. The molecule has 0 saturated heterocycles. The van der Waals surface area contributed by atoms with Gasteiger partial charge in [0.1, 0.15) is 0 Å². The lowest BCUT2D eigenvalue weighted by atomic mass is 9.67. The number of aliphatic hydroxyl groups is 1. The normalized spacial score (nSPS) is 23.6. The van der Waals surface area contributed by atoms with Crippen LogP contribution >= 0.6 is 11.6 Å². The molecule has 1 aromatic heterocycles. The molecule has 2 aromatic carbocycles. The molecular formula is C26H27ClN2O. The highest BCUT2D eigenvalue weighted by molar-refractivity contribution is 6.31. The lowest BCUT2D eigenvalue weighted by Gasteiger charge is -2.38. The summed E-state index contributed by atoms with van der Waals surface area (Å²) in [6.45, 7) is 4.42. The summed E-state index contributed by atoms with van der Waals surface area (Å²) in [5.41, 5.74) is 7.22. The molecule has 3 atom stereocenters. The summed E-state index contributed by atoms with van der Waals surface area (Å²) in [6.07, 6.45) is 7.48. The fraction of sp³-hybridized carbons (Fsp3) is 0.346. The Morgan fingerprint density at radius 3 is 2.73 bits per heavy atom. The number of hydrogen-bond donors (Lipinski definition) is 1. The van der Waals surface area contributed by atoms with Crippen molar-refractivity contribution in [1.29, 1.82) is 0 Å². The van der Waals surface area contributed by atoms with Gasteiger partial charge in [-0.2, -0.15) is 5.10 Å². The lowest BCUT2D eigenvalue weighted by Crippen LogP contribution is -2.37. The van der Waals surface area contributed by atoms with E-state index in [2.05, 4.69) is 48.9 Å². The summed E-state index contributed by atoms with van der Waals surface area (Å²) in [5, 5.41) is 16.6. The molecule has 0 radical (unpaired) electrons. The van der Waals surface area contributed by atoms with E-state index in [9.17, 15) is 5.11 Å². The molecule has 154 valence electrons. The van der Waals surface area contributed by atoms with Crippen LogP contribution in [0.15, 0.2) is 60.3 Å². The quantitative estimate of drug-likeness (QED) is 0.582. The number of nitrogens with zero attached hydrogens (tertiary/aromatic N) is 2. The number of fused-ring (bicyclic) bond motifs is 2. The van der Waals surface area contributed by atoms with Crippen molar-refractivity contribution in [2.24, 2.45) is 11.3 Å². The van der Waals surface area contributed by atoms with E-state index >= 15 is 0 Å². The van der Waals surface area contributed by atoms with Crippen molar-refractivity contribution in [3.05, 3.63) is 87.7 Å². The Balaban J connectivity index is 1.44. The van der Waals surface area contributed by atoms with Crippen molar-refractivity contribution in [1.82, 2.24) is 9.78 Å². The van der Waals surface area contributed by atoms with Crippen LogP contribution in [0, 0.1) is 18.3 Å². The minimum Gasteiger partial charge on any atom is -0.392 e. The second kappa shape index (κ2) is 7.40. The van der Waals surface area contributed by atoms with Gasteiger partial charge in [-0.1, -0.05) is 60.0 Å². The summed E-state index contributed by atoms with van der Waals surface area (Å²) < 4.78 is 2.05. The molecule has 0 unspecified atom stereocenters. The fourth-order valence-electron chi connectivity index (χ4n) is 5.42. The highest BCUT2D eigenvalue weighted by atomic mass is 35.5. The van der Waals surface area contributed by atoms with Crippen LogP contribution in [-0.4, -0.2) is 21.0 Å². The molecular weight excluding hydrogens is 392 g/mol. The summed E-state index contributed by atoms with van der Waals surface area (Å²) in [4.78, 5) is 0. The number of aryl methyl sites for hydroxylation is 1. The number of halogens is 1. The second-order valence-corrected chi connectivity index (χ2v) is 9.48. The fourth-order valence-corrected chi connectivity index (χ4v) is 5.63. The van der Waals surface area contributed by atoms with Crippen molar-refractivity contribution < 1.29 is 5.11 Å². The average molecular weight is 419 g/mol. The predicted octanol–water partition coefficient (Wildman–Crippen LogP) is 5.79. The molecule has 0 amide bonds. The summed E-state index contributed by atoms with van der Waals surface area (Å²) in [6, 6.07) is 16.3. The predicted molar refractivity (Wildman–Crippen MR) is 122 cm³/mol. The molecule has 3 aromatic rings. The van der Waals surface area contributed by atoms with Crippen LogP contribution in [0.3, 0.4) is 0 Å². The van der Waals surface area contributed by atoms with Gasteiger partial charge in [0.15, 0.2) is 0 Å². The largest absolute Gasteiger partial charge is 0.392 e. The van der Waals surface area contributed by atoms with Gasteiger partial charge in [0.25, 0.3) is 0 Å². The molecule has 0 spiro atoms. The lowest BCUT2D eigenvalue weighted by molar-refractivity contribution is 0.0566. The molecule has 0 aliphatic heterocycles. The maximum atomic E-state index is 11.2. The topological polar surface area (TPSA) is 38.0 Å². The van der Waals surface area contributed by atoms with Crippen molar-refractivity contribution in [2.75, 3.05) is 0 Å². The first-order valence-electron chi connectivity index (χ1n) is 10.7. The zero-order chi connectivity index (χ0) is 20.9. The molecule has 30 heavy (non-hydrogen) atoms. The molecule has 1 saturated carbocycles. The van der Waals surface area contributed by atoms with Crippen LogP contribution in [-0.2, 0) is 12.8 Å². The van der Waals surface area contributed by atoms with E-state index < -0.39 is 6.10 Å². The maximum Gasteiger partial charge on any atom is 0.0700 e. The van der Waals surface area contributed by atoms with E-state index in [1.165, 1.54) is 22.4 Å². The molecule has 2 aliphatic carbocycles. The van der Waals surface area contributed by atoms with E-state index in [1.54, 1.807) is 0 Å². The number of hydrogen-bond acceptors (Lipinski definition) is 2. The molecule has 5 rings (SSSR count). The number of benzene rings is 2. The first-order valence-corrected chi connectivity index (χ1v) is 11.1. The van der Waals surface area contributed by atoms with Gasteiger partial charge in [0.05, 0.1) is 23.7 Å². The first-order chi connectivity index (χ1) is 14.5. The van der Waals surface area contributed by atoms with Crippen LogP contribution in [0.2, 0.25) is 5.02 Å². The molecule has 4 heteroatoms. The molecule has 1 fully saturated rings. The van der Waals surface area contributed by atoms with Crippen molar-refractivity contribution in [3.8, 4) is 5.69 Å². The van der Waals surface area contributed by atoms with Gasteiger partial charge in [0.2, 0.25) is 0 Å². The maximum absolute atomic E-state index is 11.2. The Morgan fingerprint density at radius 2 is 1.97 bits per heavy atom. The van der Waals surface area contributed by atoms with E-state index in [0.29, 0.717) is 6.42 Å². The Labute approximate surface area is 183 Å². The van der Waals surface area contributed by atoms with Crippen molar-refractivity contribution in [3.63, 3.8) is 0 Å². The number of allylic oxidation sites excluding steroid dienone is 1. The molecule has 2 aliphatic rings. The Bertz CT molecular complexity index is 1110. The van der Waals surface area contributed by atoms with Gasteiger partial charge in [-0.15, -0.1) is 0 Å². The molecule has 1 N–H and O–H groups in total. The third kappa shape index (κ3) is 3.21. The van der Waals surface area contributed by atoms with E-state index in [-0.39, 0.29) is 11.3 Å². The van der Waals surface area contributed by atoms with Crippen LogP contribution < -0.4 is 0 Å². The van der Waals surface area contributed by atoms with Gasteiger partial charge < -0.3 is 5.11 Å². The van der Waals surface area contributed by atoms with E-state index in [0.717, 1.165) is 35.5 Å². The van der Waals surface area contributed by atoms with Crippen molar-refractivity contribution in [2.45, 2.75) is 45.6 Å². The van der Waals surface area contributed by atoms with Gasteiger partial charge >= 0.3 is 0 Å². The van der Waals surface area contributed by atoms with Gasteiger partial charge in [-0.3, -0.25) is 0 Å². The third-order valence-electron chi connectivity index (χ3n) is 7.16. The third-order valence-corrected chi connectivity index (χ3v) is 7.53. The highest BCUT2D eigenvalue weighted by Crippen LogP contribution is 2.54. The number of rotatable bonds is 4. The molecule has 0 bridgehead atoms. The zero-order valence-corrected chi connectivity index (χ0v) is 18.2. The highest BCUT2D eigenvalue weighted by Gasteiger charge is 2.48.